The predicted octanol–water partition coefficient (Wildman–Crippen LogP) is 3.24. The molecule has 0 bridgehead atoms. The van der Waals surface area contributed by atoms with Crippen molar-refractivity contribution < 1.29 is 4.79 Å². The van der Waals surface area contributed by atoms with Crippen molar-refractivity contribution >= 4 is 16.8 Å². The summed E-state index contributed by atoms with van der Waals surface area (Å²) in [6.45, 7) is 2.01. The molecule has 0 saturated heterocycles. The first-order valence-corrected chi connectivity index (χ1v) is 7.44. The minimum atomic E-state index is -0.0351. The number of carbonyl (C=O) groups is 1. The molecule has 3 aromatic rings. The monoisotopic (exact) mass is 279 g/mol. The van der Waals surface area contributed by atoms with E-state index >= 15 is 0 Å². The molecule has 0 amide bonds. The molecule has 4 heteroatoms. The van der Waals surface area contributed by atoms with Gasteiger partial charge in [0.05, 0.1) is 11.3 Å². The molecule has 0 saturated carbocycles. The fourth-order valence-corrected chi connectivity index (χ4v) is 3.30. The Morgan fingerprint density at radius 2 is 2.10 bits per heavy atom. The van der Waals surface area contributed by atoms with Crippen LogP contribution in [0.2, 0.25) is 0 Å². The lowest BCUT2D eigenvalue weighted by Gasteiger charge is -2.09. The number of carbonyl (C=O) groups excluding carboxylic acids is 1. The summed E-state index contributed by atoms with van der Waals surface area (Å²) < 4.78 is 1.60. The average Bonchev–Trinajstić information content (AvgIpc) is 3.11. The van der Waals surface area contributed by atoms with Crippen LogP contribution in [0.4, 0.5) is 0 Å². The zero-order valence-electron chi connectivity index (χ0n) is 12.0. The Morgan fingerprint density at radius 3 is 2.95 bits per heavy atom. The maximum Gasteiger partial charge on any atom is 0.279 e. The summed E-state index contributed by atoms with van der Waals surface area (Å²) in [7, 11) is 0. The molecule has 0 aliphatic heterocycles. The van der Waals surface area contributed by atoms with Crippen LogP contribution in [-0.4, -0.2) is 20.7 Å². The number of fused-ring (bicyclic) bond motifs is 2. The summed E-state index contributed by atoms with van der Waals surface area (Å²) in [5.74, 6) is -0.0351. The number of nitrogens with one attached hydrogen (secondary N) is 1. The Kier molecular flexibility index (Phi) is 2.70. The molecule has 4 rings (SSSR count). The lowest BCUT2D eigenvalue weighted by molar-refractivity contribution is 0.0944. The van der Waals surface area contributed by atoms with E-state index in [4.69, 9.17) is 0 Å². The Labute approximate surface area is 122 Å². The molecule has 2 aromatic heterocycles. The van der Waals surface area contributed by atoms with Crippen molar-refractivity contribution in [2.45, 2.75) is 32.6 Å². The van der Waals surface area contributed by atoms with E-state index in [2.05, 4.69) is 10.1 Å². The van der Waals surface area contributed by atoms with Crippen molar-refractivity contribution in [1.29, 1.82) is 0 Å². The van der Waals surface area contributed by atoms with Crippen molar-refractivity contribution in [1.82, 2.24) is 14.8 Å². The first-order valence-electron chi connectivity index (χ1n) is 7.44. The predicted molar refractivity (Wildman–Crippen MR) is 81.6 cm³/mol. The van der Waals surface area contributed by atoms with Gasteiger partial charge in [-0.05, 0) is 56.4 Å². The second kappa shape index (κ2) is 4.58. The molecule has 0 fully saturated rings. The molecule has 21 heavy (non-hydrogen) atoms. The second-order valence-corrected chi connectivity index (χ2v) is 5.68. The highest BCUT2D eigenvalue weighted by atomic mass is 16.2. The lowest BCUT2D eigenvalue weighted by atomic mass is 9.96. The first-order chi connectivity index (χ1) is 10.3. The first kappa shape index (κ1) is 12.4. The molecule has 106 valence electrons. The Morgan fingerprint density at radius 1 is 1.24 bits per heavy atom. The molecule has 1 N–H and O–H groups in total. The van der Waals surface area contributed by atoms with Gasteiger partial charge in [-0.1, -0.05) is 6.07 Å². The van der Waals surface area contributed by atoms with Crippen molar-refractivity contribution in [3.63, 3.8) is 0 Å². The SMILES string of the molecule is Cc1c2c(nn1C(=O)c1cccc3[nH]ccc13)CCCC2. The maximum atomic E-state index is 12.9. The number of aromatic nitrogens is 3. The van der Waals surface area contributed by atoms with E-state index in [0.29, 0.717) is 5.56 Å². The number of rotatable bonds is 1. The maximum absolute atomic E-state index is 12.9. The van der Waals surface area contributed by atoms with Gasteiger partial charge >= 0.3 is 0 Å². The molecular weight excluding hydrogens is 262 g/mol. The molecule has 4 nitrogen and oxygen atoms in total. The Balaban J connectivity index is 1.85. The minimum absolute atomic E-state index is 0.0351. The lowest BCUT2D eigenvalue weighted by Crippen LogP contribution is -2.15. The third-order valence-corrected chi connectivity index (χ3v) is 4.43. The topological polar surface area (TPSA) is 50.7 Å². The number of benzene rings is 1. The number of nitrogens with zero attached hydrogens (tertiary/aromatic N) is 2. The van der Waals surface area contributed by atoms with Crippen molar-refractivity contribution in [2.24, 2.45) is 0 Å². The van der Waals surface area contributed by atoms with Gasteiger partial charge in [0.2, 0.25) is 0 Å². The van der Waals surface area contributed by atoms with Gasteiger partial charge in [0.15, 0.2) is 0 Å². The third-order valence-electron chi connectivity index (χ3n) is 4.43. The smallest absolute Gasteiger partial charge is 0.279 e. The van der Waals surface area contributed by atoms with Crippen LogP contribution in [0, 0.1) is 6.92 Å². The van der Waals surface area contributed by atoms with Crippen molar-refractivity contribution in [2.75, 3.05) is 0 Å². The van der Waals surface area contributed by atoms with Gasteiger partial charge in [0, 0.05) is 22.8 Å². The minimum Gasteiger partial charge on any atom is -0.361 e. The number of aromatic amines is 1. The van der Waals surface area contributed by atoms with Crippen LogP contribution in [0.25, 0.3) is 10.9 Å². The normalized spacial score (nSPS) is 14.3. The molecule has 0 radical (unpaired) electrons. The van der Waals surface area contributed by atoms with Crippen LogP contribution in [0.5, 0.6) is 0 Å². The highest BCUT2D eigenvalue weighted by Gasteiger charge is 2.22. The highest BCUT2D eigenvalue weighted by Crippen LogP contribution is 2.25. The summed E-state index contributed by atoms with van der Waals surface area (Å²) >= 11 is 0. The molecule has 1 aliphatic carbocycles. The molecular formula is C17H17N3O. The fourth-order valence-electron chi connectivity index (χ4n) is 3.30. The van der Waals surface area contributed by atoms with Crippen LogP contribution in [0.1, 0.15) is 40.2 Å². The summed E-state index contributed by atoms with van der Waals surface area (Å²) in [6.07, 6.45) is 6.27. The second-order valence-electron chi connectivity index (χ2n) is 5.68. The Hall–Kier alpha value is -2.36. The standard InChI is InChI=1S/C17H17N3O/c1-11-12-5-2-3-7-16(12)19-20(11)17(21)14-6-4-8-15-13(14)9-10-18-15/h4,6,8-10,18H,2-3,5,7H2,1H3. The number of aryl methyl sites for hydroxylation is 1. The Bertz CT molecular complexity index is 841. The molecule has 1 aliphatic rings. The van der Waals surface area contributed by atoms with Gasteiger partial charge in [0.25, 0.3) is 5.91 Å². The zero-order valence-corrected chi connectivity index (χ0v) is 12.0. The molecule has 0 unspecified atom stereocenters. The molecule has 1 aromatic carbocycles. The zero-order chi connectivity index (χ0) is 14.4. The summed E-state index contributed by atoms with van der Waals surface area (Å²) in [4.78, 5) is 16.0. The molecule has 2 heterocycles. The van der Waals surface area contributed by atoms with Gasteiger partial charge < -0.3 is 4.98 Å². The molecule has 0 atom stereocenters. The van der Waals surface area contributed by atoms with E-state index in [0.717, 1.165) is 35.1 Å². The van der Waals surface area contributed by atoms with Gasteiger partial charge in [0.1, 0.15) is 0 Å². The molecule has 0 spiro atoms. The summed E-state index contributed by atoms with van der Waals surface area (Å²) in [6, 6.07) is 7.71. The van der Waals surface area contributed by atoms with E-state index in [-0.39, 0.29) is 5.91 Å². The van der Waals surface area contributed by atoms with Gasteiger partial charge in [-0.15, -0.1) is 0 Å². The number of H-pyrrole nitrogens is 1. The van der Waals surface area contributed by atoms with E-state index < -0.39 is 0 Å². The van der Waals surface area contributed by atoms with Crippen LogP contribution in [-0.2, 0) is 12.8 Å². The van der Waals surface area contributed by atoms with Gasteiger partial charge in [-0.3, -0.25) is 4.79 Å². The van der Waals surface area contributed by atoms with Crippen LogP contribution in [0.3, 0.4) is 0 Å². The van der Waals surface area contributed by atoms with Crippen LogP contribution >= 0.6 is 0 Å². The number of hydrogen-bond acceptors (Lipinski definition) is 2. The van der Waals surface area contributed by atoms with Crippen LogP contribution in [0.15, 0.2) is 30.5 Å². The van der Waals surface area contributed by atoms with E-state index in [1.165, 1.54) is 18.4 Å². The van der Waals surface area contributed by atoms with Crippen LogP contribution < -0.4 is 0 Å². The quantitative estimate of drug-likeness (QED) is 0.743. The van der Waals surface area contributed by atoms with E-state index in [1.807, 2.05) is 37.4 Å². The van der Waals surface area contributed by atoms with Gasteiger partial charge in [-0.25, -0.2) is 4.68 Å². The summed E-state index contributed by atoms with van der Waals surface area (Å²) in [5, 5.41) is 5.53. The third kappa shape index (κ3) is 1.82. The fraction of sp³-hybridized carbons (Fsp3) is 0.294. The van der Waals surface area contributed by atoms with E-state index in [1.54, 1.807) is 4.68 Å². The van der Waals surface area contributed by atoms with Crippen molar-refractivity contribution in [3.8, 4) is 0 Å². The summed E-state index contributed by atoms with van der Waals surface area (Å²) in [5.41, 5.74) is 5.07. The largest absolute Gasteiger partial charge is 0.361 e. The average molecular weight is 279 g/mol. The van der Waals surface area contributed by atoms with E-state index in [9.17, 15) is 4.79 Å². The van der Waals surface area contributed by atoms with Crippen molar-refractivity contribution in [3.05, 3.63) is 53.0 Å². The van der Waals surface area contributed by atoms with Gasteiger partial charge in [-0.2, -0.15) is 5.10 Å². The number of hydrogen-bond donors (Lipinski definition) is 1. The highest BCUT2D eigenvalue weighted by molar-refractivity contribution is 6.07.